The Balaban J connectivity index is 2.29. The molecule has 2 aromatic rings. The van der Waals surface area contributed by atoms with Gasteiger partial charge < -0.3 is 0 Å². The predicted molar refractivity (Wildman–Crippen MR) is 69.4 cm³/mol. The van der Waals surface area contributed by atoms with Crippen molar-refractivity contribution < 1.29 is 0 Å². The zero-order valence-electron chi connectivity index (χ0n) is 9.40. The lowest BCUT2D eigenvalue weighted by Gasteiger charge is -2.05. The van der Waals surface area contributed by atoms with Crippen molar-refractivity contribution >= 4 is 6.08 Å². The van der Waals surface area contributed by atoms with Crippen molar-refractivity contribution in [3.8, 4) is 11.1 Å². The van der Waals surface area contributed by atoms with Gasteiger partial charge in [-0.15, -0.1) is 0 Å². The van der Waals surface area contributed by atoms with Crippen LogP contribution in [0.2, 0.25) is 0 Å². The second kappa shape index (κ2) is 3.64. The molecule has 78 valence electrons. The maximum atomic E-state index is 2.24. The molecule has 0 saturated heterocycles. The molecular weight excluding hydrogens is 192 g/mol. The molecule has 0 spiro atoms. The first-order valence-electron chi connectivity index (χ1n) is 5.73. The van der Waals surface area contributed by atoms with Gasteiger partial charge in [0.1, 0.15) is 0 Å². The first-order chi connectivity index (χ1) is 7.90. The third-order valence-electron chi connectivity index (χ3n) is 3.20. The SMILES string of the molecule is CC=Cc1cccc2c1-c1ccccc1C2. The van der Waals surface area contributed by atoms with Crippen LogP contribution in [0.3, 0.4) is 0 Å². The molecule has 16 heavy (non-hydrogen) atoms. The van der Waals surface area contributed by atoms with Gasteiger partial charge >= 0.3 is 0 Å². The highest BCUT2D eigenvalue weighted by Crippen LogP contribution is 2.39. The Kier molecular flexibility index (Phi) is 2.14. The van der Waals surface area contributed by atoms with Crippen LogP contribution in [0.4, 0.5) is 0 Å². The van der Waals surface area contributed by atoms with Gasteiger partial charge in [-0.3, -0.25) is 0 Å². The molecule has 2 aromatic carbocycles. The summed E-state index contributed by atoms with van der Waals surface area (Å²) >= 11 is 0. The van der Waals surface area contributed by atoms with E-state index < -0.39 is 0 Å². The fourth-order valence-electron chi connectivity index (χ4n) is 2.54. The largest absolute Gasteiger partial charge is 0.0870 e. The molecule has 0 saturated carbocycles. The number of fused-ring (bicyclic) bond motifs is 3. The van der Waals surface area contributed by atoms with Crippen LogP contribution in [0.1, 0.15) is 23.6 Å². The number of hydrogen-bond donors (Lipinski definition) is 0. The number of allylic oxidation sites excluding steroid dienone is 1. The van der Waals surface area contributed by atoms with Crippen LogP contribution in [-0.2, 0) is 6.42 Å². The van der Waals surface area contributed by atoms with Gasteiger partial charge in [-0.1, -0.05) is 54.6 Å². The van der Waals surface area contributed by atoms with E-state index in [1.54, 1.807) is 0 Å². The molecule has 1 aliphatic rings. The predicted octanol–water partition coefficient (Wildman–Crippen LogP) is 4.29. The van der Waals surface area contributed by atoms with E-state index in [-0.39, 0.29) is 0 Å². The Labute approximate surface area is 96.3 Å². The molecule has 3 rings (SSSR count). The average Bonchev–Trinajstić information content (AvgIpc) is 2.68. The Bertz CT molecular complexity index is 562. The van der Waals surface area contributed by atoms with Crippen LogP contribution < -0.4 is 0 Å². The fraction of sp³-hybridized carbons (Fsp3) is 0.125. The fourth-order valence-corrected chi connectivity index (χ4v) is 2.54. The lowest BCUT2D eigenvalue weighted by atomic mass is 9.99. The normalized spacial score (nSPS) is 12.8. The molecule has 0 bridgehead atoms. The minimum absolute atomic E-state index is 1.08. The molecule has 1 aliphatic carbocycles. The molecule has 0 amide bonds. The zero-order valence-corrected chi connectivity index (χ0v) is 9.40. The summed E-state index contributed by atoms with van der Waals surface area (Å²) in [7, 11) is 0. The van der Waals surface area contributed by atoms with E-state index >= 15 is 0 Å². The van der Waals surface area contributed by atoms with Gasteiger partial charge in [-0.25, -0.2) is 0 Å². The summed E-state index contributed by atoms with van der Waals surface area (Å²) in [5, 5.41) is 0. The minimum atomic E-state index is 1.08. The number of benzene rings is 2. The van der Waals surface area contributed by atoms with Crippen LogP contribution >= 0.6 is 0 Å². The molecule has 0 N–H and O–H groups in total. The lowest BCUT2D eigenvalue weighted by Crippen LogP contribution is -1.83. The number of rotatable bonds is 1. The van der Waals surface area contributed by atoms with E-state index in [1.807, 2.05) is 0 Å². The summed E-state index contributed by atoms with van der Waals surface area (Å²) in [4.78, 5) is 0. The van der Waals surface area contributed by atoms with Crippen molar-refractivity contribution in [1.82, 2.24) is 0 Å². The molecule has 0 fully saturated rings. The standard InChI is InChI=1S/C16H14/c1-2-6-12-8-5-9-14-11-13-7-3-4-10-15(13)16(12)14/h2-10H,11H2,1H3. The molecule has 0 radical (unpaired) electrons. The summed E-state index contributed by atoms with van der Waals surface area (Å²) in [6.07, 6.45) is 5.38. The lowest BCUT2D eigenvalue weighted by molar-refractivity contribution is 1.26. The Morgan fingerprint density at radius 1 is 0.938 bits per heavy atom. The highest BCUT2D eigenvalue weighted by Gasteiger charge is 2.19. The third kappa shape index (κ3) is 1.30. The molecule has 0 heteroatoms. The van der Waals surface area contributed by atoms with Gasteiger partial charge in [-0.05, 0) is 41.2 Å². The van der Waals surface area contributed by atoms with Crippen LogP contribution in [0.15, 0.2) is 48.5 Å². The van der Waals surface area contributed by atoms with Crippen molar-refractivity contribution in [3.63, 3.8) is 0 Å². The summed E-state index contributed by atoms with van der Waals surface area (Å²) in [6, 6.07) is 15.3. The summed E-state index contributed by atoms with van der Waals surface area (Å²) < 4.78 is 0. The van der Waals surface area contributed by atoms with Gasteiger partial charge in [0.05, 0.1) is 0 Å². The molecule has 0 aromatic heterocycles. The molecular formula is C16H14. The summed E-state index contributed by atoms with van der Waals surface area (Å²) in [5.74, 6) is 0. The van der Waals surface area contributed by atoms with Crippen molar-refractivity contribution in [3.05, 3.63) is 65.2 Å². The molecule has 0 unspecified atom stereocenters. The van der Waals surface area contributed by atoms with E-state index in [1.165, 1.54) is 27.8 Å². The van der Waals surface area contributed by atoms with Gasteiger partial charge in [0.2, 0.25) is 0 Å². The van der Waals surface area contributed by atoms with Crippen molar-refractivity contribution in [1.29, 1.82) is 0 Å². The maximum absolute atomic E-state index is 2.24. The van der Waals surface area contributed by atoms with E-state index in [0.717, 1.165) is 6.42 Å². The number of hydrogen-bond acceptors (Lipinski definition) is 0. The molecule has 0 atom stereocenters. The highest BCUT2D eigenvalue weighted by atomic mass is 14.2. The van der Waals surface area contributed by atoms with Crippen LogP contribution in [0.5, 0.6) is 0 Å². The van der Waals surface area contributed by atoms with Gasteiger partial charge in [0, 0.05) is 0 Å². The van der Waals surface area contributed by atoms with Crippen LogP contribution in [0, 0.1) is 0 Å². The average molecular weight is 206 g/mol. The summed E-state index contributed by atoms with van der Waals surface area (Å²) in [5.41, 5.74) is 7.08. The monoisotopic (exact) mass is 206 g/mol. The van der Waals surface area contributed by atoms with E-state index in [9.17, 15) is 0 Å². The van der Waals surface area contributed by atoms with Crippen molar-refractivity contribution in [2.24, 2.45) is 0 Å². The Hall–Kier alpha value is -1.82. The van der Waals surface area contributed by atoms with E-state index in [0.29, 0.717) is 0 Å². The van der Waals surface area contributed by atoms with E-state index in [2.05, 4.69) is 61.5 Å². The second-order valence-corrected chi connectivity index (χ2v) is 4.22. The second-order valence-electron chi connectivity index (χ2n) is 4.22. The van der Waals surface area contributed by atoms with Crippen molar-refractivity contribution in [2.45, 2.75) is 13.3 Å². The molecule has 0 heterocycles. The zero-order chi connectivity index (χ0) is 11.0. The highest BCUT2D eigenvalue weighted by molar-refractivity contribution is 5.84. The van der Waals surface area contributed by atoms with Crippen LogP contribution in [0.25, 0.3) is 17.2 Å². The first kappa shape index (κ1) is 9.41. The van der Waals surface area contributed by atoms with Gasteiger partial charge in [0.25, 0.3) is 0 Å². The summed E-state index contributed by atoms with van der Waals surface area (Å²) in [6.45, 7) is 2.07. The maximum Gasteiger partial charge on any atom is -0.00132 e. The van der Waals surface area contributed by atoms with Gasteiger partial charge in [-0.2, -0.15) is 0 Å². The van der Waals surface area contributed by atoms with Crippen molar-refractivity contribution in [2.75, 3.05) is 0 Å². The first-order valence-corrected chi connectivity index (χ1v) is 5.73. The Morgan fingerprint density at radius 2 is 1.75 bits per heavy atom. The topological polar surface area (TPSA) is 0 Å². The molecule has 0 aliphatic heterocycles. The Morgan fingerprint density at radius 3 is 2.62 bits per heavy atom. The third-order valence-corrected chi connectivity index (χ3v) is 3.20. The molecule has 0 nitrogen and oxygen atoms in total. The minimum Gasteiger partial charge on any atom is -0.0870 e. The smallest absolute Gasteiger partial charge is 0.00132 e. The quantitative estimate of drug-likeness (QED) is 0.557. The van der Waals surface area contributed by atoms with Gasteiger partial charge in [0.15, 0.2) is 0 Å². The van der Waals surface area contributed by atoms with Crippen LogP contribution in [-0.4, -0.2) is 0 Å². The van der Waals surface area contributed by atoms with E-state index in [4.69, 9.17) is 0 Å².